The molecule has 0 unspecified atom stereocenters. The highest BCUT2D eigenvalue weighted by Gasteiger charge is 2.29. The van der Waals surface area contributed by atoms with Gasteiger partial charge in [-0.1, -0.05) is 48.5 Å². The van der Waals surface area contributed by atoms with Gasteiger partial charge < -0.3 is 20.1 Å². The smallest absolute Gasteiger partial charge is 0.412 e. The van der Waals surface area contributed by atoms with Gasteiger partial charge in [0.1, 0.15) is 18.5 Å². The predicted molar refractivity (Wildman–Crippen MR) is 129 cm³/mol. The number of carbonyl (C=O) groups excluding carboxylic acids is 2. The van der Waals surface area contributed by atoms with Crippen LogP contribution in [0.5, 0.6) is 0 Å². The minimum atomic E-state index is -1.15. The van der Waals surface area contributed by atoms with Gasteiger partial charge in [-0.2, -0.15) is 5.10 Å². The minimum absolute atomic E-state index is 0.0218. The van der Waals surface area contributed by atoms with Gasteiger partial charge in [0.15, 0.2) is 5.69 Å². The van der Waals surface area contributed by atoms with Crippen LogP contribution in [0.2, 0.25) is 0 Å². The molecule has 0 bridgehead atoms. The average molecular weight is 478 g/mol. The van der Waals surface area contributed by atoms with Gasteiger partial charge in [-0.05, 0) is 36.3 Å². The van der Waals surface area contributed by atoms with E-state index in [-0.39, 0.29) is 30.6 Å². The van der Waals surface area contributed by atoms with Gasteiger partial charge in [0.2, 0.25) is 0 Å². The summed E-state index contributed by atoms with van der Waals surface area (Å²) in [5.41, 5.74) is 4.45. The fourth-order valence-electron chi connectivity index (χ4n) is 4.22. The maximum absolute atomic E-state index is 12.6. The van der Waals surface area contributed by atoms with Crippen molar-refractivity contribution in [3.63, 3.8) is 0 Å². The zero-order valence-corrected chi connectivity index (χ0v) is 19.7. The number of nitrogens with zero attached hydrogens (tertiary/aromatic N) is 3. The molecule has 10 heteroatoms. The molecule has 2 amide bonds. The number of ether oxygens (including phenoxy) is 1. The van der Waals surface area contributed by atoms with Gasteiger partial charge in [-0.15, -0.1) is 0 Å². The van der Waals surface area contributed by atoms with E-state index < -0.39 is 24.0 Å². The summed E-state index contributed by atoms with van der Waals surface area (Å²) in [7, 11) is 4.98. The third-order valence-electron chi connectivity index (χ3n) is 5.84. The van der Waals surface area contributed by atoms with Gasteiger partial charge >= 0.3 is 12.1 Å². The molecule has 10 nitrogen and oxygen atoms in total. The molecule has 2 aromatic carbocycles. The molecule has 3 N–H and O–H groups in total. The molecule has 1 aliphatic rings. The number of carbonyl (C=O) groups is 3. The molecule has 0 radical (unpaired) electrons. The Kier molecular flexibility index (Phi) is 6.83. The Bertz CT molecular complexity index is 1220. The molecule has 1 heterocycles. The van der Waals surface area contributed by atoms with Crippen LogP contribution in [0, 0.1) is 0 Å². The van der Waals surface area contributed by atoms with E-state index in [1.54, 1.807) is 26.0 Å². The van der Waals surface area contributed by atoms with E-state index in [2.05, 4.69) is 27.9 Å². The molecule has 182 valence electrons. The molecule has 35 heavy (non-hydrogen) atoms. The number of fused-ring (bicyclic) bond motifs is 3. The summed E-state index contributed by atoms with van der Waals surface area (Å²) in [6, 6.07) is 16.4. The minimum Gasteiger partial charge on any atom is -0.480 e. The topological polar surface area (TPSA) is 126 Å². The summed E-state index contributed by atoms with van der Waals surface area (Å²) in [4.78, 5) is 38.1. The van der Waals surface area contributed by atoms with Crippen LogP contribution in [-0.2, 0) is 16.6 Å². The lowest BCUT2D eigenvalue weighted by Gasteiger charge is -2.17. The first kappa shape index (κ1) is 24.0. The monoisotopic (exact) mass is 477 g/mol. The van der Waals surface area contributed by atoms with E-state index in [0.717, 1.165) is 22.3 Å². The van der Waals surface area contributed by atoms with Crippen LogP contribution in [0.3, 0.4) is 0 Å². The second-order valence-corrected chi connectivity index (χ2v) is 8.62. The summed E-state index contributed by atoms with van der Waals surface area (Å²) in [6.45, 7) is 0.272. The first-order valence-corrected chi connectivity index (χ1v) is 11.1. The lowest BCUT2D eigenvalue weighted by molar-refractivity contribution is -0.139. The summed E-state index contributed by atoms with van der Waals surface area (Å²) >= 11 is 0. The molecule has 1 atom stereocenters. The van der Waals surface area contributed by atoms with Crippen molar-refractivity contribution in [2.45, 2.75) is 12.0 Å². The fraction of sp³-hybridized carbons (Fsp3) is 0.280. The van der Waals surface area contributed by atoms with Gasteiger partial charge in [0.05, 0.1) is 0 Å². The molecule has 0 saturated heterocycles. The number of aryl methyl sites for hydroxylation is 1. The van der Waals surface area contributed by atoms with Crippen molar-refractivity contribution < 1.29 is 24.2 Å². The lowest BCUT2D eigenvalue weighted by atomic mass is 9.98. The Labute approximate surface area is 202 Å². The highest BCUT2D eigenvalue weighted by Crippen LogP contribution is 2.44. The van der Waals surface area contributed by atoms with Crippen LogP contribution in [0.4, 0.5) is 10.6 Å². The standard InChI is InChI=1S/C25H27N5O5/c1-29(2)13-21(24(32)33)26-23(31)20-12-22(30(3)28-20)27-25(34)35-14-19-17-10-6-4-8-15(17)16-9-5-7-11-18(16)19/h4-12,19,21H,13-14H2,1-3H3,(H,26,31)(H,27,34)(H,32,33)/t21-/m0/s1. The molecule has 0 aliphatic heterocycles. The second-order valence-electron chi connectivity index (χ2n) is 8.62. The van der Waals surface area contributed by atoms with Gasteiger partial charge in [-0.3, -0.25) is 14.8 Å². The largest absolute Gasteiger partial charge is 0.480 e. The van der Waals surface area contributed by atoms with Gasteiger partial charge in [-0.25, -0.2) is 9.59 Å². The van der Waals surface area contributed by atoms with E-state index in [1.165, 1.54) is 10.7 Å². The number of carboxylic acid groups (broad SMARTS) is 1. The SMILES string of the molecule is CN(C)C[C@H](NC(=O)c1cc(NC(=O)OCC2c3ccccc3-c3ccccc32)n(C)n1)C(=O)O. The van der Waals surface area contributed by atoms with Crippen LogP contribution < -0.4 is 10.6 Å². The van der Waals surface area contributed by atoms with Crippen molar-refractivity contribution in [3.8, 4) is 11.1 Å². The maximum atomic E-state index is 12.6. The third kappa shape index (κ3) is 5.17. The molecule has 0 fully saturated rings. The Morgan fingerprint density at radius 1 is 1.09 bits per heavy atom. The van der Waals surface area contributed by atoms with Crippen molar-refractivity contribution in [1.82, 2.24) is 20.0 Å². The predicted octanol–water partition coefficient (Wildman–Crippen LogP) is 2.53. The first-order chi connectivity index (χ1) is 16.7. The van der Waals surface area contributed by atoms with E-state index in [9.17, 15) is 19.5 Å². The number of aliphatic carboxylic acids is 1. The Morgan fingerprint density at radius 3 is 2.26 bits per heavy atom. The number of hydrogen-bond acceptors (Lipinski definition) is 6. The Balaban J connectivity index is 1.40. The number of aromatic nitrogens is 2. The second kappa shape index (κ2) is 9.98. The summed E-state index contributed by atoms with van der Waals surface area (Å²) in [5.74, 6) is -1.65. The molecule has 4 rings (SSSR count). The molecule has 1 aromatic heterocycles. The molecule has 1 aliphatic carbocycles. The highest BCUT2D eigenvalue weighted by atomic mass is 16.5. The summed E-state index contributed by atoms with van der Waals surface area (Å²) in [5, 5.41) is 18.4. The Morgan fingerprint density at radius 2 is 1.69 bits per heavy atom. The van der Waals surface area contributed by atoms with E-state index in [1.807, 2.05) is 36.4 Å². The fourth-order valence-corrected chi connectivity index (χ4v) is 4.22. The van der Waals surface area contributed by atoms with Crippen LogP contribution in [0.25, 0.3) is 11.1 Å². The van der Waals surface area contributed by atoms with Crippen molar-refractivity contribution in [2.24, 2.45) is 7.05 Å². The maximum Gasteiger partial charge on any atom is 0.412 e. The van der Waals surface area contributed by atoms with E-state index in [0.29, 0.717) is 0 Å². The number of anilines is 1. The highest BCUT2D eigenvalue weighted by molar-refractivity contribution is 5.96. The molecular formula is C25H27N5O5. The molecule has 3 aromatic rings. The normalized spacial score (nSPS) is 13.1. The van der Waals surface area contributed by atoms with Crippen molar-refractivity contribution in [1.29, 1.82) is 0 Å². The number of amides is 2. The quantitative estimate of drug-likeness (QED) is 0.455. The zero-order chi connectivity index (χ0) is 25.1. The van der Waals surface area contributed by atoms with Crippen molar-refractivity contribution in [2.75, 3.05) is 32.6 Å². The number of hydrogen-bond donors (Lipinski definition) is 3. The van der Waals surface area contributed by atoms with Gasteiger partial charge in [0.25, 0.3) is 5.91 Å². The zero-order valence-electron chi connectivity index (χ0n) is 19.7. The third-order valence-corrected chi connectivity index (χ3v) is 5.84. The van der Waals surface area contributed by atoms with Crippen molar-refractivity contribution in [3.05, 3.63) is 71.4 Å². The molecular weight excluding hydrogens is 450 g/mol. The summed E-state index contributed by atoms with van der Waals surface area (Å²) in [6.07, 6.45) is -0.683. The van der Waals surface area contributed by atoms with E-state index in [4.69, 9.17) is 4.74 Å². The van der Waals surface area contributed by atoms with Crippen LogP contribution in [0.1, 0.15) is 27.5 Å². The van der Waals surface area contributed by atoms with Crippen LogP contribution in [-0.4, -0.2) is 71.0 Å². The number of nitrogens with one attached hydrogen (secondary N) is 2. The number of likely N-dealkylation sites (N-methyl/N-ethyl adjacent to an activating group) is 1. The van der Waals surface area contributed by atoms with Crippen molar-refractivity contribution >= 4 is 23.8 Å². The molecule has 0 spiro atoms. The molecule has 0 saturated carbocycles. The number of benzene rings is 2. The Hall–Kier alpha value is -4.18. The van der Waals surface area contributed by atoms with Crippen LogP contribution >= 0.6 is 0 Å². The van der Waals surface area contributed by atoms with Gasteiger partial charge in [0, 0.05) is 25.6 Å². The van der Waals surface area contributed by atoms with Crippen LogP contribution in [0.15, 0.2) is 54.6 Å². The number of rotatable bonds is 8. The van der Waals surface area contributed by atoms with E-state index >= 15 is 0 Å². The first-order valence-electron chi connectivity index (χ1n) is 11.1. The lowest BCUT2D eigenvalue weighted by Crippen LogP contribution is -2.47. The number of carboxylic acids is 1. The average Bonchev–Trinajstić information content (AvgIpc) is 3.34. The summed E-state index contributed by atoms with van der Waals surface area (Å²) < 4.78 is 6.85.